The van der Waals surface area contributed by atoms with E-state index in [0.29, 0.717) is 12.2 Å². The van der Waals surface area contributed by atoms with Crippen molar-refractivity contribution in [1.29, 1.82) is 0 Å². The Hall–Kier alpha value is -1.88. The van der Waals surface area contributed by atoms with Gasteiger partial charge in [-0.2, -0.15) is 0 Å². The van der Waals surface area contributed by atoms with Gasteiger partial charge in [0.15, 0.2) is 0 Å². The average Bonchev–Trinajstić information content (AvgIpc) is 2.95. The van der Waals surface area contributed by atoms with Crippen LogP contribution in [0.4, 0.5) is 10.1 Å². The molecule has 1 aromatic carbocycles. The van der Waals surface area contributed by atoms with Crippen LogP contribution >= 0.6 is 0 Å². The fourth-order valence-electron chi connectivity index (χ4n) is 2.71. The summed E-state index contributed by atoms with van der Waals surface area (Å²) in [6.07, 6.45) is 4.87. The molecule has 21 heavy (non-hydrogen) atoms. The summed E-state index contributed by atoms with van der Waals surface area (Å²) >= 11 is 0. The molecular formula is C16H21FN4. The zero-order valence-corrected chi connectivity index (χ0v) is 12.3. The summed E-state index contributed by atoms with van der Waals surface area (Å²) in [4.78, 5) is 6.37. The van der Waals surface area contributed by atoms with Gasteiger partial charge in [-0.25, -0.2) is 9.37 Å². The fourth-order valence-corrected chi connectivity index (χ4v) is 2.71. The second-order valence-electron chi connectivity index (χ2n) is 5.42. The molecule has 4 nitrogen and oxygen atoms in total. The molecule has 0 bridgehead atoms. The van der Waals surface area contributed by atoms with Gasteiger partial charge in [-0.05, 0) is 30.7 Å². The monoisotopic (exact) mass is 288 g/mol. The van der Waals surface area contributed by atoms with Gasteiger partial charge in [0.05, 0.1) is 12.2 Å². The first-order valence-corrected chi connectivity index (χ1v) is 7.52. The minimum atomic E-state index is -0.147. The van der Waals surface area contributed by atoms with E-state index in [4.69, 9.17) is 0 Å². The Morgan fingerprint density at radius 2 is 2.24 bits per heavy atom. The molecule has 2 aromatic rings. The molecule has 0 fully saturated rings. The number of aromatic nitrogens is 2. The molecule has 0 radical (unpaired) electrons. The molecule has 5 heteroatoms. The Labute approximate surface area is 124 Å². The van der Waals surface area contributed by atoms with Gasteiger partial charge < -0.3 is 14.8 Å². The zero-order chi connectivity index (χ0) is 14.7. The van der Waals surface area contributed by atoms with Crippen LogP contribution in [0.1, 0.15) is 24.7 Å². The standard InChI is InChI=1S/C16H21FN4/c1-2-5-18-11-13-3-4-15(14(17)10-13)21-9-8-20-7-6-19-16(20)12-21/h3-4,6-7,10,18H,2,5,8-9,11-12H2,1H3. The SMILES string of the molecule is CCCNCc1ccc(N2CCn3ccnc3C2)c(F)c1. The third-order valence-electron chi connectivity index (χ3n) is 3.85. The van der Waals surface area contributed by atoms with Crippen LogP contribution in [0.5, 0.6) is 0 Å². The van der Waals surface area contributed by atoms with E-state index >= 15 is 0 Å². The molecule has 0 unspecified atom stereocenters. The lowest BCUT2D eigenvalue weighted by Gasteiger charge is -2.30. The Balaban J connectivity index is 1.71. The van der Waals surface area contributed by atoms with Crippen molar-refractivity contribution in [3.05, 3.63) is 47.8 Å². The lowest BCUT2D eigenvalue weighted by molar-refractivity contribution is 0.543. The van der Waals surface area contributed by atoms with Crippen LogP contribution in [0, 0.1) is 5.82 Å². The summed E-state index contributed by atoms with van der Waals surface area (Å²) in [6.45, 7) is 6.13. The molecule has 1 N–H and O–H groups in total. The Morgan fingerprint density at radius 1 is 1.33 bits per heavy atom. The Kier molecular flexibility index (Phi) is 4.20. The summed E-state index contributed by atoms with van der Waals surface area (Å²) in [5, 5.41) is 3.29. The van der Waals surface area contributed by atoms with Crippen LogP contribution < -0.4 is 10.2 Å². The second-order valence-corrected chi connectivity index (χ2v) is 5.42. The number of hydrogen-bond acceptors (Lipinski definition) is 3. The maximum Gasteiger partial charge on any atom is 0.146 e. The molecule has 0 aliphatic carbocycles. The van der Waals surface area contributed by atoms with Crippen molar-refractivity contribution in [2.24, 2.45) is 0 Å². The maximum atomic E-state index is 14.3. The van der Waals surface area contributed by atoms with Crippen molar-refractivity contribution in [3.63, 3.8) is 0 Å². The summed E-state index contributed by atoms with van der Waals surface area (Å²) in [5.74, 6) is 0.847. The van der Waals surface area contributed by atoms with Crippen LogP contribution in [-0.4, -0.2) is 22.6 Å². The molecule has 0 saturated heterocycles. The number of hydrogen-bond donors (Lipinski definition) is 1. The number of nitrogens with zero attached hydrogens (tertiary/aromatic N) is 3. The number of benzene rings is 1. The molecule has 3 rings (SSSR count). The molecule has 0 amide bonds. The molecule has 0 saturated carbocycles. The molecule has 112 valence electrons. The van der Waals surface area contributed by atoms with Crippen molar-refractivity contribution in [2.45, 2.75) is 33.0 Å². The predicted octanol–water partition coefficient (Wildman–Crippen LogP) is 2.54. The highest BCUT2D eigenvalue weighted by Gasteiger charge is 2.19. The van der Waals surface area contributed by atoms with Crippen molar-refractivity contribution in [2.75, 3.05) is 18.0 Å². The first-order valence-electron chi connectivity index (χ1n) is 7.52. The quantitative estimate of drug-likeness (QED) is 0.858. The third-order valence-corrected chi connectivity index (χ3v) is 3.85. The van der Waals surface area contributed by atoms with Gasteiger partial charge in [0.25, 0.3) is 0 Å². The second kappa shape index (κ2) is 6.26. The topological polar surface area (TPSA) is 33.1 Å². The van der Waals surface area contributed by atoms with E-state index in [2.05, 4.69) is 26.7 Å². The first-order chi connectivity index (χ1) is 10.3. The van der Waals surface area contributed by atoms with Gasteiger partial charge in [-0.15, -0.1) is 0 Å². The minimum Gasteiger partial charge on any atom is -0.360 e. The highest BCUT2D eigenvalue weighted by atomic mass is 19.1. The van der Waals surface area contributed by atoms with Crippen molar-refractivity contribution < 1.29 is 4.39 Å². The lowest BCUT2D eigenvalue weighted by Crippen LogP contribution is -2.34. The van der Waals surface area contributed by atoms with E-state index in [-0.39, 0.29) is 5.82 Å². The summed E-state index contributed by atoms with van der Waals surface area (Å²) in [6, 6.07) is 5.53. The largest absolute Gasteiger partial charge is 0.360 e. The van der Waals surface area contributed by atoms with E-state index < -0.39 is 0 Å². The Bertz CT molecular complexity index is 608. The molecular weight excluding hydrogens is 267 g/mol. The predicted molar refractivity (Wildman–Crippen MR) is 81.7 cm³/mol. The first kappa shape index (κ1) is 14.1. The van der Waals surface area contributed by atoms with Crippen molar-refractivity contribution in [1.82, 2.24) is 14.9 Å². The van der Waals surface area contributed by atoms with Crippen molar-refractivity contribution in [3.8, 4) is 0 Å². The van der Waals surface area contributed by atoms with Crippen LogP contribution in [0.3, 0.4) is 0 Å². The molecule has 1 aliphatic rings. The number of rotatable bonds is 5. The van der Waals surface area contributed by atoms with Crippen LogP contribution in [0.15, 0.2) is 30.6 Å². The van der Waals surface area contributed by atoms with E-state index in [9.17, 15) is 4.39 Å². The number of imidazole rings is 1. The minimum absolute atomic E-state index is 0.147. The number of fused-ring (bicyclic) bond motifs is 1. The van der Waals surface area contributed by atoms with Crippen molar-refractivity contribution >= 4 is 5.69 Å². The summed E-state index contributed by atoms with van der Waals surface area (Å²) in [5.41, 5.74) is 1.66. The van der Waals surface area contributed by atoms with Crippen LogP contribution in [0.2, 0.25) is 0 Å². The smallest absolute Gasteiger partial charge is 0.146 e. The normalized spacial score (nSPS) is 14.3. The molecule has 0 atom stereocenters. The van der Waals surface area contributed by atoms with E-state index in [1.54, 1.807) is 12.3 Å². The average molecular weight is 288 g/mol. The number of nitrogens with one attached hydrogen (secondary N) is 1. The van der Waals surface area contributed by atoms with Crippen LogP contribution in [-0.2, 0) is 19.6 Å². The molecule has 1 aromatic heterocycles. The highest BCUT2D eigenvalue weighted by molar-refractivity contribution is 5.49. The van der Waals surface area contributed by atoms with Crippen LogP contribution in [0.25, 0.3) is 0 Å². The van der Waals surface area contributed by atoms with Gasteiger partial charge in [0, 0.05) is 32.0 Å². The highest BCUT2D eigenvalue weighted by Crippen LogP contribution is 2.24. The van der Waals surface area contributed by atoms with Gasteiger partial charge >= 0.3 is 0 Å². The van der Waals surface area contributed by atoms with E-state index in [1.807, 2.05) is 18.3 Å². The van der Waals surface area contributed by atoms with E-state index in [0.717, 1.165) is 44.0 Å². The van der Waals surface area contributed by atoms with Gasteiger partial charge in [-0.3, -0.25) is 0 Å². The summed E-state index contributed by atoms with van der Waals surface area (Å²) in [7, 11) is 0. The number of halogens is 1. The molecule has 0 spiro atoms. The van der Waals surface area contributed by atoms with Gasteiger partial charge in [-0.1, -0.05) is 13.0 Å². The third kappa shape index (κ3) is 3.08. The maximum absolute atomic E-state index is 14.3. The molecule has 2 heterocycles. The fraction of sp³-hybridized carbons (Fsp3) is 0.438. The van der Waals surface area contributed by atoms with E-state index in [1.165, 1.54) is 0 Å². The van der Waals surface area contributed by atoms with Gasteiger partial charge in [0.2, 0.25) is 0 Å². The Morgan fingerprint density at radius 3 is 3.05 bits per heavy atom. The zero-order valence-electron chi connectivity index (χ0n) is 12.3. The number of anilines is 1. The lowest BCUT2D eigenvalue weighted by atomic mass is 10.1. The summed E-state index contributed by atoms with van der Waals surface area (Å²) < 4.78 is 16.5. The molecule has 1 aliphatic heterocycles. The van der Waals surface area contributed by atoms with Gasteiger partial charge in [0.1, 0.15) is 11.6 Å².